The van der Waals surface area contributed by atoms with Crippen LogP contribution in [0.25, 0.3) is 0 Å². The van der Waals surface area contributed by atoms with E-state index in [0.717, 1.165) is 24.0 Å². The van der Waals surface area contributed by atoms with Crippen LogP contribution in [0.5, 0.6) is 0 Å². The molecule has 4 nitrogen and oxygen atoms in total. The van der Waals surface area contributed by atoms with E-state index in [0.29, 0.717) is 6.54 Å². The molecule has 0 radical (unpaired) electrons. The quantitative estimate of drug-likeness (QED) is 0.429. The molecular formula is C12H20N2O2RfS+. The molecule has 0 aliphatic rings. The normalized spacial score (nSPS) is 12.7. The van der Waals surface area contributed by atoms with Crippen molar-refractivity contribution in [1.82, 2.24) is 4.72 Å². The standard InChI is InChI=1S/C12H20N2O2S.Rf/c1-14(2,10-6-9-13-17(15)16)11-12-7-4-3-5-8-12;/h3-5,7-8H,6,9-11H2,1-2H3,(H,13,15,16);/q+1;. The number of quaternary nitrogens is 1. The molecule has 0 unspecified atom stereocenters. The van der Waals surface area contributed by atoms with Gasteiger partial charge in [0.15, 0.2) is 0 Å². The number of benzene rings is 1. The molecule has 0 saturated heterocycles. The zero-order valence-corrected chi connectivity index (χ0v) is 18.3. The fraction of sp³-hybridized carbons (Fsp3) is 0.500. The van der Waals surface area contributed by atoms with Gasteiger partial charge in [0.25, 0.3) is 0 Å². The first kappa shape index (κ1) is 14.2. The van der Waals surface area contributed by atoms with Gasteiger partial charge in [0.2, 0.25) is 0 Å². The van der Waals surface area contributed by atoms with Crippen molar-refractivity contribution in [3.63, 3.8) is 0 Å². The van der Waals surface area contributed by atoms with Crippen molar-refractivity contribution in [2.75, 3.05) is 27.2 Å². The van der Waals surface area contributed by atoms with Crippen LogP contribution in [-0.4, -0.2) is 40.1 Å². The Bertz CT molecular complexity index is 460. The minimum absolute atomic E-state index is 0.345. The molecule has 0 atom stereocenters. The summed E-state index contributed by atoms with van der Waals surface area (Å²) in [6, 6.07) is 10.4. The third-order valence-corrected chi connectivity index (χ3v) is 6.13. The van der Waals surface area contributed by atoms with E-state index in [1.807, 2.05) is 18.2 Å². The van der Waals surface area contributed by atoms with E-state index >= 15 is 0 Å². The Morgan fingerprint density at radius 3 is 2.39 bits per heavy atom. The van der Waals surface area contributed by atoms with Gasteiger partial charge in [0.05, 0.1) is 0 Å². The molecule has 0 aliphatic carbocycles. The summed E-state index contributed by atoms with van der Waals surface area (Å²) in [4.78, 5) is 0. The van der Waals surface area contributed by atoms with Crippen LogP contribution in [-0.2, 0) is 17.4 Å². The summed E-state index contributed by atoms with van der Waals surface area (Å²) in [5.41, 5.74) is 1.31. The van der Waals surface area contributed by atoms with E-state index in [9.17, 15) is 8.42 Å². The van der Waals surface area contributed by atoms with Crippen LogP contribution in [0.15, 0.2) is 30.3 Å². The third-order valence-electron chi connectivity index (χ3n) is 2.72. The summed E-state index contributed by atoms with van der Waals surface area (Å²) in [5.74, 6) is 0. The molecule has 0 aromatic heterocycles. The Hall–Kier alpha value is -1.91. The van der Waals surface area contributed by atoms with Crippen molar-refractivity contribution in [2.24, 2.45) is 0 Å². The molecule has 97 valence electrons. The summed E-state index contributed by atoms with van der Waals surface area (Å²) >= 11 is 0. The number of hydrogen-bond donors (Lipinski definition) is 1. The van der Waals surface area contributed by atoms with Gasteiger partial charge >= 0.3 is 105 Å². The van der Waals surface area contributed by atoms with Crippen LogP contribution in [0.2, 0.25) is 0 Å². The first-order chi connectivity index (χ1) is 8.29. The number of rotatable bonds is 7. The second kappa shape index (κ2) is 5.62. The summed E-state index contributed by atoms with van der Waals surface area (Å²) in [6.07, 6.45) is 0.874. The van der Waals surface area contributed by atoms with E-state index in [2.05, 4.69) is 31.0 Å². The van der Waals surface area contributed by atoms with Gasteiger partial charge in [-0.15, -0.1) is 0 Å². The average Bonchev–Trinajstić information content (AvgIpc) is 2.24. The summed E-state index contributed by atoms with van der Waals surface area (Å²) in [7, 11) is 1.50. The van der Waals surface area contributed by atoms with Crippen molar-refractivity contribution < 1.29 is 12.9 Å². The molecule has 1 aromatic carbocycles. The van der Waals surface area contributed by atoms with Gasteiger partial charge in [0, 0.05) is 0 Å². The number of hydrogen-bond acceptors (Lipinski definition) is 2. The Labute approximate surface area is 105 Å². The average molecular weight is 523 g/mol. The van der Waals surface area contributed by atoms with E-state index in [-0.39, 0.29) is 0 Å². The van der Waals surface area contributed by atoms with Crippen molar-refractivity contribution in [3.8, 4) is 0 Å². The van der Waals surface area contributed by atoms with Crippen LogP contribution in [0, 0.1) is 0 Å². The van der Waals surface area contributed by atoms with E-state index in [1.54, 1.807) is 0 Å². The van der Waals surface area contributed by atoms with E-state index in [4.69, 9.17) is 0 Å². The van der Waals surface area contributed by atoms with Crippen molar-refractivity contribution in [1.29, 1.82) is 0 Å². The monoisotopic (exact) mass is 523 g/mol. The van der Waals surface area contributed by atoms with Gasteiger partial charge in [-0.25, -0.2) is 0 Å². The molecule has 1 rings (SSSR count). The molecule has 0 saturated carbocycles. The van der Waals surface area contributed by atoms with Crippen molar-refractivity contribution >= 4 is 10.9 Å². The first-order valence-corrected chi connectivity index (χ1v) is 15.5. The van der Waals surface area contributed by atoms with E-state index in [1.165, 1.54) is 5.56 Å². The maximum absolute atomic E-state index is 11.0. The molecule has 1 aromatic rings. The summed E-state index contributed by atoms with van der Waals surface area (Å²) in [5, 5.41) is 0. The molecule has 0 aliphatic heterocycles. The van der Waals surface area contributed by atoms with Crippen LogP contribution >= 0.6 is 0 Å². The molecule has 1 N–H and O–H groups in total. The van der Waals surface area contributed by atoms with Crippen molar-refractivity contribution in [2.45, 2.75) is 13.0 Å². The molecule has 18 heavy (non-hydrogen) atoms. The number of nitrogens with one attached hydrogen (secondary N) is 1. The van der Waals surface area contributed by atoms with Crippen molar-refractivity contribution in [3.05, 3.63) is 35.9 Å². The fourth-order valence-electron chi connectivity index (χ4n) is 1.89. The van der Waals surface area contributed by atoms with Gasteiger partial charge in [0.1, 0.15) is 0 Å². The second-order valence-electron chi connectivity index (χ2n) is 5.17. The zero-order chi connectivity index (χ0) is 13.6. The SMILES string of the molecule is C[N+](C)(CCCN[S](=O)(=O)[Rf])Cc1ccccc1. The van der Waals surface area contributed by atoms with Crippen LogP contribution in [0.4, 0.5) is 0 Å². The van der Waals surface area contributed by atoms with Crippen LogP contribution in [0.1, 0.15) is 12.0 Å². The van der Waals surface area contributed by atoms with Gasteiger partial charge in [-0.1, -0.05) is 0 Å². The second-order valence-corrected chi connectivity index (χ2v) is 17.0. The molecule has 6 heteroatoms. The molecular weight excluding hydrogens is 503 g/mol. The van der Waals surface area contributed by atoms with Crippen LogP contribution < -0.4 is 4.72 Å². The van der Waals surface area contributed by atoms with Gasteiger partial charge < -0.3 is 0 Å². The van der Waals surface area contributed by atoms with Gasteiger partial charge in [-0.3, -0.25) is 0 Å². The van der Waals surface area contributed by atoms with Gasteiger partial charge in [-0.2, -0.15) is 0 Å². The molecule has 0 heterocycles. The van der Waals surface area contributed by atoms with Gasteiger partial charge in [-0.05, 0) is 0 Å². The molecule has 0 fully saturated rings. The number of nitrogens with zero attached hydrogens (tertiary/aromatic N) is 1. The molecule has 0 bridgehead atoms. The maximum atomic E-state index is 11.0. The zero-order valence-electron chi connectivity index (χ0n) is 11.1. The Kier molecular flexibility index (Phi) is 4.42. The Balaban J connectivity index is 2.36. The minimum atomic E-state index is -2.85. The fourth-order valence-corrected chi connectivity index (χ4v) is 4.31. The predicted molar refractivity (Wildman–Crippen MR) is 68.7 cm³/mol. The molecule has 0 spiro atoms. The Morgan fingerprint density at radius 1 is 1.22 bits per heavy atom. The first-order valence-electron chi connectivity index (χ1n) is 5.97. The summed E-state index contributed by atoms with van der Waals surface area (Å²) in [6.45, 7) is 2.50. The Morgan fingerprint density at radius 2 is 1.83 bits per heavy atom. The molecule has 0 amide bonds. The predicted octanol–water partition coefficient (Wildman–Crippen LogP) is 1.04. The third kappa shape index (κ3) is 5.98. The van der Waals surface area contributed by atoms with E-state index < -0.39 is 10.9 Å². The summed E-state index contributed by atoms with van der Waals surface area (Å²) < 4.78 is 25.2. The topological polar surface area (TPSA) is 46.2 Å². The van der Waals surface area contributed by atoms with Crippen LogP contribution in [0.3, 0.4) is 0 Å².